The molecule has 7 heteroatoms. The third kappa shape index (κ3) is 4.10. The predicted octanol–water partition coefficient (Wildman–Crippen LogP) is 6.23. The molecule has 0 saturated carbocycles. The van der Waals surface area contributed by atoms with Gasteiger partial charge in [0.1, 0.15) is 11.4 Å². The number of rotatable bonds is 5. The Morgan fingerprint density at radius 2 is 2.03 bits per heavy atom. The lowest BCUT2D eigenvalue weighted by Crippen LogP contribution is -2.29. The van der Waals surface area contributed by atoms with Gasteiger partial charge in [-0.3, -0.25) is 4.68 Å². The second-order valence-corrected chi connectivity index (χ2v) is 10.5. The molecule has 0 bridgehead atoms. The summed E-state index contributed by atoms with van der Waals surface area (Å²) in [4.78, 5) is 12.5. The molecule has 0 fully saturated rings. The Labute approximate surface area is 202 Å². The van der Waals surface area contributed by atoms with Crippen LogP contribution in [0.4, 0.5) is 0 Å². The number of carboxylic acid groups (broad SMARTS) is 1. The number of aryl methyl sites for hydroxylation is 2. The quantitative estimate of drug-likeness (QED) is 0.369. The molecule has 1 N–H and O–H groups in total. The molecular weight excluding hydrogens is 448 g/mol. The van der Waals surface area contributed by atoms with Crippen LogP contribution in [0.2, 0.25) is 0 Å². The predicted molar refractivity (Wildman–Crippen MR) is 134 cm³/mol. The van der Waals surface area contributed by atoms with E-state index in [2.05, 4.69) is 23.6 Å². The number of carbonyl (C=O) groups is 1. The third-order valence-corrected chi connectivity index (χ3v) is 6.93. The highest BCUT2D eigenvalue weighted by Crippen LogP contribution is 2.44. The SMILES string of the molecule is Cn1nc(-c2csc3ccccc23)c(-c2ccc3c(c2)CCCO3)c1C(OC(C)(C)C)C(=O)O. The number of hydrogen-bond donors (Lipinski definition) is 1. The van der Waals surface area contributed by atoms with Gasteiger partial charge >= 0.3 is 5.97 Å². The van der Waals surface area contributed by atoms with Crippen molar-refractivity contribution < 1.29 is 19.4 Å². The number of fused-ring (bicyclic) bond motifs is 2. The normalized spacial score (nSPS) is 14.6. The van der Waals surface area contributed by atoms with Crippen LogP contribution < -0.4 is 4.74 Å². The van der Waals surface area contributed by atoms with Gasteiger partial charge in [-0.1, -0.05) is 24.3 Å². The van der Waals surface area contributed by atoms with Crippen LogP contribution in [0.25, 0.3) is 32.5 Å². The van der Waals surface area contributed by atoms with Crippen molar-refractivity contribution >= 4 is 27.4 Å². The maximum Gasteiger partial charge on any atom is 0.339 e. The lowest BCUT2D eigenvalue weighted by molar-refractivity contribution is -0.161. The highest BCUT2D eigenvalue weighted by Gasteiger charge is 2.35. The number of aromatic nitrogens is 2. The molecular formula is C27H28N2O4S. The summed E-state index contributed by atoms with van der Waals surface area (Å²) in [5.74, 6) is -0.147. The first kappa shape index (κ1) is 22.6. The number of hydrogen-bond acceptors (Lipinski definition) is 5. The van der Waals surface area contributed by atoms with Crippen molar-refractivity contribution in [3.8, 4) is 28.1 Å². The van der Waals surface area contributed by atoms with Gasteiger partial charge in [-0.05, 0) is 62.9 Å². The molecule has 6 nitrogen and oxygen atoms in total. The molecule has 2 aromatic carbocycles. The lowest BCUT2D eigenvalue weighted by Gasteiger charge is -2.26. The number of carboxylic acids is 1. The van der Waals surface area contributed by atoms with Gasteiger partial charge in [0.2, 0.25) is 0 Å². The highest BCUT2D eigenvalue weighted by molar-refractivity contribution is 7.17. The van der Waals surface area contributed by atoms with Gasteiger partial charge in [-0.25, -0.2) is 4.79 Å². The minimum absolute atomic E-state index is 0.532. The molecule has 2 aromatic heterocycles. The first-order chi connectivity index (χ1) is 16.2. The summed E-state index contributed by atoms with van der Waals surface area (Å²) >= 11 is 1.66. The maximum atomic E-state index is 12.5. The van der Waals surface area contributed by atoms with E-state index in [9.17, 15) is 9.90 Å². The molecule has 0 aliphatic carbocycles. The zero-order valence-corrected chi connectivity index (χ0v) is 20.6. The summed E-state index contributed by atoms with van der Waals surface area (Å²) in [5.41, 5.74) is 4.47. The fraction of sp³-hybridized carbons (Fsp3) is 0.333. The van der Waals surface area contributed by atoms with Crippen LogP contribution in [-0.2, 0) is 23.0 Å². The van der Waals surface area contributed by atoms with Gasteiger partial charge in [0.15, 0.2) is 6.10 Å². The van der Waals surface area contributed by atoms with Gasteiger partial charge in [0.25, 0.3) is 0 Å². The second kappa shape index (κ2) is 8.56. The summed E-state index contributed by atoms with van der Waals surface area (Å²) in [6.45, 7) is 6.31. The summed E-state index contributed by atoms with van der Waals surface area (Å²) in [6.07, 6.45) is 0.720. The summed E-state index contributed by atoms with van der Waals surface area (Å²) < 4.78 is 14.7. The number of aliphatic carboxylic acids is 1. The molecule has 176 valence electrons. The topological polar surface area (TPSA) is 73.6 Å². The van der Waals surface area contributed by atoms with Gasteiger partial charge in [-0.15, -0.1) is 11.3 Å². The van der Waals surface area contributed by atoms with Crippen molar-refractivity contribution in [1.82, 2.24) is 9.78 Å². The van der Waals surface area contributed by atoms with Gasteiger partial charge in [0.05, 0.1) is 17.9 Å². The molecule has 3 heterocycles. The third-order valence-electron chi connectivity index (χ3n) is 5.97. The van der Waals surface area contributed by atoms with E-state index < -0.39 is 17.7 Å². The van der Waals surface area contributed by atoms with Crippen LogP contribution in [0.5, 0.6) is 5.75 Å². The first-order valence-electron chi connectivity index (χ1n) is 11.4. The highest BCUT2D eigenvalue weighted by atomic mass is 32.1. The Balaban J connectivity index is 1.78. The molecule has 1 aliphatic rings. The van der Waals surface area contributed by atoms with E-state index in [0.29, 0.717) is 5.69 Å². The first-order valence-corrected chi connectivity index (χ1v) is 12.3. The van der Waals surface area contributed by atoms with Crippen molar-refractivity contribution in [2.24, 2.45) is 7.05 Å². The zero-order valence-electron chi connectivity index (χ0n) is 19.8. The van der Waals surface area contributed by atoms with Crippen molar-refractivity contribution in [3.63, 3.8) is 0 Å². The molecule has 0 saturated heterocycles. The summed E-state index contributed by atoms with van der Waals surface area (Å²) in [6, 6.07) is 14.3. The molecule has 0 spiro atoms. The molecule has 1 aliphatic heterocycles. The largest absolute Gasteiger partial charge is 0.493 e. The van der Waals surface area contributed by atoms with Crippen molar-refractivity contribution in [1.29, 1.82) is 0 Å². The van der Waals surface area contributed by atoms with E-state index in [0.717, 1.165) is 63.2 Å². The number of ether oxygens (including phenoxy) is 2. The van der Waals surface area contributed by atoms with E-state index in [-0.39, 0.29) is 0 Å². The Morgan fingerprint density at radius 3 is 2.79 bits per heavy atom. The molecule has 4 aromatic rings. The lowest BCUT2D eigenvalue weighted by atomic mass is 9.93. The van der Waals surface area contributed by atoms with Crippen molar-refractivity contribution in [2.75, 3.05) is 6.61 Å². The number of benzene rings is 2. The number of thiophene rings is 1. The van der Waals surface area contributed by atoms with E-state index in [1.807, 2.05) is 45.0 Å². The Bertz CT molecular complexity index is 1380. The van der Waals surface area contributed by atoms with Crippen molar-refractivity contribution in [3.05, 3.63) is 59.1 Å². The van der Waals surface area contributed by atoms with Crippen LogP contribution >= 0.6 is 11.3 Å². The minimum atomic E-state index is -1.17. The Kier molecular flexibility index (Phi) is 5.70. The van der Waals surface area contributed by atoms with Crippen LogP contribution in [-0.4, -0.2) is 33.1 Å². The molecule has 5 rings (SSSR count). The minimum Gasteiger partial charge on any atom is -0.493 e. The fourth-order valence-electron chi connectivity index (χ4n) is 4.56. The maximum absolute atomic E-state index is 12.5. The van der Waals surface area contributed by atoms with Gasteiger partial charge < -0.3 is 14.6 Å². The van der Waals surface area contributed by atoms with E-state index in [4.69, 9.17) is 14.6 Å². The average molecular weight is 477 g/mol. The van der Waals surface area contributed by atoms with Crippen LogP contribution in [0.15, 0.2) is 47.8 Å². The molecule has 1 unspecified atom stereocenters. The monoisotopic (exact) mass is 476 g/mol. The molecule has 1 atom stereocenters. The zero-order chi connectivity index (χ0) is 24.0. The van der Waals surface area contributed by atoms with E-state index >= 15 is 0 Å². The summed E-state index contributed by atoms with van der Waals surface area (Å²) in [5, 5.41) is 18.3. The Hall–Kier alpha value is -3.16. The Morgan fingerprint density at radius 1 is 1.24 bits per heavy atom. The molecule has 34 heavy (non-hydrogen) atoms. The smallest absolute Gasteiger partial charge is 0.339 e. The van der Waals surface area contributed by atoms with E-state index in [1.165, 1.54) is 0 Å². The number of nitrogens with zero attached hydrogens (tertiary/aromatic N) is 2. The second-order valence-electron chi connectivity index (χ2n) is 9.60. The van der Waals surface area contributed by atoms with Crippen LogP contribution in [0.3, 0.4) is 0 Å². The summed E-state index contributed by atoms with van der Waals surface area (Å²) in [7, 11) is 1.79. The van der Waals surface area contributed by atoms with E-state index in [1.54, 1.807) is 23.1 Å². The van der Waals surface area contributed by atoms with Gasteiger partial charge in [-0.2, -0.15) is 5.10 Å². The standard InChI is InChI=1S/C27H28N2O4S/c1-27(2,3)33-25(26(30)31)24-22(17-11-12-20-16(14-17)8-7-13-32-20)23(28-29(24)4)19-15-34-21-10-6-5-9-18(19)21/h5-6,9-12,14-15,25H,7-8,13H2,1-4H3,(H,30,31). The average Bonchev–Trinajstić information content (AvgIpc) is 3.37. The van der Waals surface area contributed by atoms with Crippen LogP contribution in [0, 0.1) is 0 Å². The molecule has 0 amide bonds. The van der Waals surface area contributed by atoms with Gasteiger partial charge in [0, 0.05) is 33.6 Å². The van der Waals surface area contributed by atoms with Crippen LogP contribution in [0.1, 0.15) is 44.6 Å². The molecule has 0 radical (unpaired) electrons. The van der Waals surface area contributed by atoms with Crippen molar-refractivity contribution in [2.45, 2.75) is 45.3 Å². The fourth-order valence-corrected chi connectivity index (χ4v) is 5.51.